The molecule has 4 rings (SSSR count). The standard InChI is InChI=1S/C22H30N4O2.C6H6/c1-16(15-24-10-4-12-25-19-7-3-11-26-20(19)23)18-6-2-5-17(13-18)14-22(8-9-22)21(27)28;1-2-4-6-5-3-1/h2-3,5-7,11,13,16,24-25H,4,8-10,12,14-15H2,1H3,(H2,23,26)(H,27,28);1-6H. The molecule has 1 unspecified atom stereocenters. The number of benzene rings is 2. The van der Waals surface area contributed by atoms with Crippen molar-refractivity contribution in [3.05, 3.63) is 90.1 Å². The van der Waals surface area contributed by atoms with Gasteiger partial charge in [0.1, 0.15) is 5.82 Å². The number of nitrogens with zero attached hydrogens (tertiary/aromatic N) is 1. The zero-order valence-corrected chi connectivity index (χ0v) is 19.9. The van der Waals surface area contributed by atoms with Crippen molar-refractivity contribution in [1.29, 1.82) is 0 Å². The van der Waals surface area contributed by atoms with E-state index in [1.807, 2.05) is 60.7 Å². The minimum Gasteiger partial charge on any atom is -0.481 e. The molecule has 1 aliphatic carbocycles. The second-order valence-electron chi connectivity index (χ2n) is 8.98. The van der Waals surface area contributed by atoms with Crippen molar-refractivity contribution in [1.82, 2.24) is 10.3 Å². The summed E-state index contributed by atoms with van der Waals surface area (Å²) in [6, 6.07) is 24.2. The lowest BCUT2D eigenvalue weighted by Crippen LogP contribution is -2.23. The highest BCUT2D eigenvalue weighted by atomic mass is 16.4. The first-order valence-corrected chi connectivity index (χ1v) is 12.0. The van der Waals surface area contributed by atoms with E-state index in [4.69, 9.17) is 5.73 Å². The van der Waals surface area contributed by atoms with E-state index in [2.05, 4.69) is 34.7 Å². The number of rotatable bonds is 11. The molecule has 1 heterocycles. The maximum atomic E-state index is 11.4. The van der Waals surface area contributed by atoms with Gasteiger partial charge in [-0.25, -0.2) is 4.98 Å². The predicted octanol–water partition coefficient (Wildman–Crippen LogP) is 4.95. The Bertz CT molecular complexity index is 995. The Hall–Kier alpha value is -3.38. The summed E-state index contributed by atoms with van der Waals surface area (Å²) in [7, 11) is 0. The van der Waals surface area contributed by atoms with Crippen LogP contribution >= 0.6 is 0 Å². The lowest BCUT2D eigenvalue weighted by molar-refractivity contribution is -0.143. The van der Waals surface area contributed by atoms with Gasteiger partial charge >= 0.3 is 5.97 Å². The SMILES string of the molecule is CC(CNCCCNc1cccnc1N)c1cccc(CC2(C(=O)O)CC2)c1.c1ccccc1. The van der Waals surface area contributed by atoms with Crippen molar-refractivity contribution in [2.75, 3.05) is 30.7 Å². The molecule has 1 aliphatic rings. The van der Waals surface area contributed by atoms with Gasteiger partial charge in [0.05, 0.1) is 11.1 Å². The molecule has 0 spiro atoms. The van der Waals surface area contributed by atoms with Gasteiger partial charge in [0.15, 0.2) is 0 Å². The fourth-order valence-corrected chi connectivity index (χ4v) is 3.84. The maximum absolute atomic E-state index is 11.4. The van der Waals surface area contributed by atoms with Crippen LogP contribution in [0, 0.1) is 5.41 Å². The van der Waals surface area contributed by atoms with E-state index in [0.717, 1.165) is 50.1 Å². The molecule has 0 saturated heterocycles. The molecule has 180 valence electrons. The van der Waals surface area contributed by atoms with Gasteiger partial charge in [0, 0.05) is 19.3 Å². The van der Waals surface area contributed by atoms with Crippen molar-refractivity contribution >= 4 is 17.5 Å². The van der Waals surface area contributed by atoms with Gasteiger partial charge in [0.25, 0.3) is 0 Å². The van der Waals surface area contributed by atoms with E-state index >= 15 is 0 Å². The number of hydrogen-bond donors (Lipinski definition) is 4. The van der Waals surface area contributed by atoms with Gasteiger partial charge in [-0.3, -0.25) is 4.79 Å². The van der Waals surface area contributed by atoms with E-state index < -0.39 is 11.4 Å². The molecule has 1 atom stereocenters. The predicted molar refractivity (Wildman–Crippen MR) is 139 cm³/mol. The molecule has 1 aromatic heterocycles. The number of anilines is 2. The van der Waals surface area contributed by atoms with Crippen LogP contribution in [0.3, 0.4) is 0 Å². The number of nitrogen functional groups attached to an aromatic ring is 1. The lowest BCUT2D eigenvalue weighted by atomic mass is 9.92. The molecule has 1 fully saturated rings. The fraction of sp³-hybridized carbons (Fsp3) is 0.357. The summed E-state index contributed by atoms with van der Waals surface area (Å²) < 4.78 is 0. The largest absolute Gasteiger partial charge is 0.481 e. The zero-order valence-electron chi connectivity index (χ0n) is 19.9. The summed E-state index contributed by atoms with van der Waals surface area (Å²) in [6.07, 6.45) is 4.90. The summed E-state index contributed by atoms with van der Waals surface area (Å²) in [5, 5.41) is 16.2. The first-order valence-electron chi connectivity index (χ1n) is 12.0. The molecule has 6 heteroatoms. The third-order valence-electron chi connectivity index (χ3n) is 6.17. The average Bonchev–Trinajstić information content (AvgIpc) is 3.65. The number of aromatic nitrogens is 1. The normalized spacial score (nSPS) is 14.4. The van der Waals surface area contributed by atoms with Crippen LogP contribution < -0.4 is 16.4 Å². The summed E-state index contributed by atoms with van der Waals surface area (Å²) >= 11 is 0. The fourth-order valence-electron chi connectivity index (χ4n) is 3.84. The van der Waals surface area contributed by atoms with Gasteiger partial charge in [-0.1, -0.05) is 67.6 Å². The molecule has 0 bridgehead atoms. The highest BCUT2D eigenvalue weighted by Crippen LogP contribution is 2.48. The number of carboxylic acid groups (broad SMARTS) is 1. The van der Waals surface area contributed by atoms with Gasteiger partial charge in [-0.15, -0.1) is 0 Å². The highest BCUT2D eigenvalue weighted by molar-refractivity contribution is 5.78. The number of aliphatic carboxylic acids is 1. The number of nitrogens with two attached hydrogens (primary N) is 1. The van der Waals surface area contributed by atoms with E-state index in [0.29, 0.717) is 18.2 Å². The lowest BCUT2D eigenvalue weighted by Gasteiger charge is -2.16. The Morgan fingerprint density at radius 2 is 1.76 bits per heavy atom. The van der Waals surface area contributed by atoms with E-state index in [-0.39, 0.29) is 0 Å². The average molecular weight is 461 g/mol. The minimum absolute atomic E-state index is 0.377. The van der Waals surface area contributed by atoms with Gasteiger partial charge < -0.3 is 21.5 Å². The quantitative estimate of drug-likeness (QED) is 0.302. The molecule has 0 radical (unpaired) electrons. The van der Waals surface area contributed by atoms with Crippen molar-refractivity contribution in [2.24, 2.45) is 5.41 Å². The summed E-state index contributed by atoms with van der Waals surface area (Å²) in [5.41, 5.74) is 8.57. The van der Waals surface area contributed by atoms with E-state index in [1.54, 1.807) is 6.20 Å². The van der Waals surface area contributed by atoms with Crippen LogP contribution in [0.2, 0.25) is 0 Å². The maximum Gasteiger partial charge on any atom is 0.309 e. The molecule has 5 N–H and O–H groups in total. The first-order chi connectivity index (χ1) is 16.5. The summed E-state index contributed by atoms with van der Waals surface area (Å²) in [4.78, 5) is 15.5. The third-order valence-corrected chi connectivity index (χ3v) is 6.17. The molecular formula is C28H36N4O2. The van der Waals surface area contributed by atoms with Crippen LogP contribution in [0.4, 0.5) is 11.5 Å². The summed E-state index contributed by atoms with van der Waals surface area (Å²) in [5.74, 6) is 0.246. The Morgan fingerprint density at radius 3 is 2.38 bits per heavy atom. The Labute approximate surface area is 202 Å². The second-order valence-corrected chi connectivity index (χ2v) is 8.98. The van der Waals surface area contributed by atoms with Crippen LogP contribution in [-0.4, -0.2) is 35.7 Å². The smallest absolute Gasteiger partial charge is 0.309 e. The first kappa shape index (κ1) is 25.2. The second kappa shape index (κ2) is 12.8. The number of hydrogen-bond acceptors (Lipinski definition) is 5. The van der Waals surface area contributed by atoms with Gasteiger partial charge in [0.2, 0.25) is 0 Å². The third kappa shape index (κ3) is 7.89. The van der Waals surface area contributed by atoms with Crippen LogP contribution in [0.15, 0.2) is 79.0 Å². The number of nitrogens with one attached hydrogen (secondary N) is 2. The van der Waals surface area contributed by atoms with Crippen LogP contribution in [0.5, 0.6) is 0 Å². The van der Waals surface area contributed by atoms with Crippen LogP contribution in [0.1, 0.15) is 43.2 Å². The van der Waals surface area contributed by atoms with Gasteiger partial charge in [-0.05, 0) is 61.4 Å². The van der Waals surface area contributed by atoms with Crippen molar-refractivity contribution in [2.45, 2.75) is 38.5 Å². The number of pyridine rings is 1. The van der Waals surface area contributed by atoms with Crippen molar-refractivity contribution in [3.63, 3.8) is 0 Å². The molecule has 2 aromatic carbocycles. The molecular weight excluding hydrogens is 424 g/mol. The molecule has 0 aliphatic heterocycles. The Balaban J connectivity index is 0.000000469. The van der Waals surface area contributed by atoms with E-state index in [9.17, 15) is 9.90 Å². The number of carbonyl (C=O) groups is 1. The monoisotopic (exact) mass is 460 g/mol. The molecule has 34 heavy (non-hydrogen) atoms. The van der Waals surface area contributed by atoms with Crippen LogP contribution in [-0.2, 0) is 11.2 Å². The molecule has 3 aromatic rings. The topological polar surface area (TPSA) is 100 Å². The van der Waals surface area contributed by atoms with Gasteiger partial charge in [-0.2, -0.15) is 0 Å². The molecule has 6 nitrogen and oxygen atoms in total. The van der Waals surface area contributed by atoms with Crippen molar-refractivity contribution in [3.8, 4) is 0 Å². The molecule has 0 amide bonds. The number of carboxylic acids is 1. The molecule has 1 saturated carbocycles. The Kier molecular flexibility index (Phi) is 9.47. The van der Waals surface area contributed by atoms with Crippen LogP contribution in [0.25, 0.3) is 0 Å². The Morgan fingerprint density at radius 1 is 1.06 bits per heavy atom. The van der Waals surface area contributed by atoms with E-state index in [1.165, 1.54) is 5.56 Å². The van der Waals surface area contributed by atoms with Crippen molar-refractivity contribution < 1.29 is 9.90 Å². The summed E-state index contributed by atoms with van der Waals surface area (Å²) in [6.45, 7) is 4.84. The minimum atomic E-state index is -0.658. The zero-order chi connectivity index (χ0) is 24.2. The highest BCUT2D eigenvalue weighted by Gasteiger charge is 2.49.